The van der Waals surface area contributed by atoms with E-state index in [9.17, 15) is 4.39 Å². The fourth-order valence-corrected chi connectivity index (χ4v) is 2.72. The van der Waals surface area contributed by atoms with Crippen molar-refractivity contribution in [3.05, 3.63) is 0 Å². The molecule has 0 aromatic carbocycles. The molecule has 72 valence electrons. The highest BCUT2D eigenvalue weighted by molar-refractivity contribution is 7.99. The Kier molecular flexibility index (Phi) is 5.00. The van der Waals surface area contributed by atoms with E-state index in [0.29, 0.717) is 6.42 Å². The summed E-state index contributed by atoms with van der Waals surface area (Å²) in [5.74, 6) is 0.976. The molecule has 2 unspecified atom stereocenters. The Labute approximate surface area is 78.5 Å². The second-order valence-electron chi connectivity index (χ2n) is 3.41. The molecule has 12 heavy (non-hydrogen) atoms. The molecule has 0 amide bonds. The lowest BCUT2D eigenvalue weighted by molar-refractivity contribution is 0.354. The van der Waals surface area contributed by atoms with E-state index in [1.165, 1.54) is 12.8 Å². The first kappa shape index (κ1) is 10.3. The average molecular weight is 191 g/mol. The summed E-state index contributed by atoms with van der Waals surface area (Å²) >= 11 is 1.92. The minimum Gasteiger partial charge on any atom is -0.316 e. The molecule has 1 heterocycles. The van der Waals surface area contributed by atoms with Crippen LogP contribution in [-0.2, 0) is 0 Å². The maximum Gasteiger partial charge on any atom is 0.0981 e. The van der Waals surface area contributed by atoms with Crippen LogP contribution in [0.4, 0.5) is 4.39 Å². The van der Waals surface area contributed by atoms with E-state index in [1.807, 2.05) is 11.8 Å². The zero-order valence-electron chi connectivity index (χ0n) is 7.68. The second kappa shape index (κ2) is 5.81. The molecule has 1 rings (SSSR count). The van der Waals surface area contributed by atoms with Gasteiger partial charge in [-0.1, -0.05) is 0 Å². The highest BCUT2D eigenvalue weighted by Crippen LogP contribution is 2.19. The van der Waals surface area contributed by atoms with Gasteiger partial charge >= 0.3 is 0 Å². The van der Waals surface area contributed by atoms with Gasteiger partial charge in [0.15, 0.2) is 0 Å². The van der Waals surface area contributed by atoms with E-state index in [0.717, 1.165) is 24.1 Å². The molecule has 1 fully saturated rings. The maximum absolute atomic E-state index is 12.4. The molecule has 0 aromatic rings. The number of hydrogen-bond donors (Lipinski definition) is 1. The predicted molar refractivity (Wildman–Crippen MR) is 53.5 cm³/mol. The predicted octanol–water partition coefficient (Wildman–Crippen LogP) is 2.22. The van der Waals surface area contributed by atoms with Crippen LogP contribution >= 0.6 is 11.8 Å². The molecule has 1 nitrogen and oxygen atoms in total. The van der Waals surface area contributed by atoms with Crippen molar-refractivity contribution in [1.82, 2.24) is 5.32 Å². The zero-order valence-corrected chi connectivity index (χ0v) is 8.50. The zero-order chi connectivity index (χ0) is 8.81. The van der Waals surface area contributed by atoms with Crippen LogP contribution in [0, 0.1) is 0 Å². The highest BCUT2D eigenvalue weighted by atomic mass is 32.2. The molecule has 2 atom stereocenters. The minimum absolute atomic E-state index is 0.631. The van der Waals surface area contributed by atoms with Gasteiger partial charge < -0.3 is 5.32 Å². The van der Waals surface area contributed by atoms with Gasteiger partial charge in [0.05, 0.1) is 6.17 Å². The summed E-state index contributed by atoms with van der Waals surface area (Å²) in [6, 6.07) is 0. The summed E-state index contributed by atoms with van der Waals surface area (Å²) < 4.78 is 12.4. The largest absolute Gasteiger partial charge is 0.316 e. The third kappa shape index (κ3) is 4.31. The molecule has 0 bridgehead atoms. The molecular formula is C9H18FNS. The van der Waals surface area contributed by atoms with E-state index < -0.39 is 6.17 Å². The Hall–Kier alpha value is 0.240. The molecule has 1 aliphatic heterocycles. The molecule has 0 radical (unpaired) electrons. The molecule has 3 heteroatoms. The Balaban J connectivity index is 1.98. The molecule has 0 aromatic heterocycles. The van der Waals surface area contributed by atoms with Crippen molar-refractivity contribution in [2.75, 3.05) is 18.8 Å². The average Bonchev–Trinajstić information content (AvgIpc) is 2.05. The smallest absolute Gasteiger partial charge is 0.0981 e. The van der Waals surface area contributed by atoms with Gasteiger partial charge in [-0.2, -0.15) is 11.8 Å². The van der Waals surface area contributed by atoms with Crippen LogP contribution in [0.3, 0.4) is 0 Å². The Bertz CT molecular complexity index is 113. The van der Waals surface area contributed by atoms with Crippen molar-refractivity contribution in [1.29, 1.82) is 0 Å². The summed E-state index contributed by atoms with van der Waals surface area (Å²) in [6.45, 7) is 3.92. The summed E-state index contributed by atoms with van der Waals surface area (Å²) in [7, 11) is 0. The Morgan fingerprint density at radius 1 is 1.67 bits per heavy atom. The van der Waals surface area contributed by atoms with Gasteiger partial charge in [0.25, 0.3) is 0 Å². The fraction of sp³-hybridized carbons (Fsp3) is 1.00. The SMILES string of the molecule is CC(F)CCSC1CCCNC1. The number of nitrogens with one attached hydrogen (secondary N) is 1. The van der Waals surface area contributed by atoms with Gasteiger partial charge in [-0.25, -0.2) is 4.39 Å². The van der Waals surface area contributed by atoms with E-state index >= 15 is 0 Å². The lowest BCUT2D eigenvalue weighted by Gasteiger charge is -2.22. The van der Waals surface area contributed by atoms with Crippen molar-refractivity contribution in [3.63, 3.8) is 0 Å². The highest BCUT2D eigenvalue weighted by Gasteiger charge is 2.12. The van der Waals surface area contributed by atoms with Crippen molar-refractivity contribution >= 4 is 11.8 Å². The van der Waals surface area contributed by atoms with Gasteiger partial charge in [0.2, 0.25) is 0 Å². The maximum atomic E-state index is 12.4. The van der Waals surface area contributed by atoms with Crippen molar-refractivity contribution in [2.45, 2.75) is 37.6 Å². The number of alkyl halides is 1. The Morgan fingerprint density at radius 3 is 3.08 bits per heavy atom. The molecule has 0 spiro atoms. The third-order valence-electron chi connectivity index (χ3n) is 2.12. The van der Waals surface area contributed by atoms with Crippen molar-refractivity contribution in [3.8, 4) is 0 Å². The van der Waals surface area contributed by atoms with Crippen LogP contribution < -0.4 is 5.32 Å². The van der Waals surface area contributed by atoms with E-state index in [4.69, 9.17) is 0 Å². The summed E-state index contributed by atoms with van der Waals surface area (Å²) in [6.07, 6.45) is 2.66. The summed E-state index contributed by atoms with van der Waals surface area (Å²) in [5.41, 5.74) is 0. The number of piperidine rings is 1. The first-order chi connectivity index (χ1) is 5.79. The summed E-state index contributed by atoms with van der Waals surface area (Å²) in [5, 5.41) is 4.09. The van der Waals surface area contributed by atoms with Crippen LogP contribution in [0.2, 0.25) is 0 Å². The van der Waals surface area contributed by atoms with Crippen LogP contribution in [0.25, 0.3) is 0 Å². The normalized spacial score (nSPS) is 27.0. The number of halogens is 1. The number of thioether (sulfide) groups is 1. The molecule has 1 aliphatic rings. The molecule has 0 aliphatic carbocycles. The van der Waals surface area contributed by atoms with E-state index in [-0.39, 0.29) is 0 Å². The lowest BCUT2D eigenvalue weighted by Crippen LogP contribution is -2.31. The van der Waals surface area contributed by atoms with E-state index in [1.54, 1.807) is 6.92 Å². The fourth-order valence-electron chi connectivity index (χ4n) is 1.36. The molecule has 1 N–H and O–H groups in total. The first-order valence-corrected chi connectivity index (χ1v) is 5.80. The van der Waals surface area contributed by atoms with Crippen molar-refractivity contribution < 1.29 is 4.39 Å². The Morgan fingerprint density at radius 2 is 2.50 bits per heavy atom. The summed E-state index contributed by atoms with van der Waals surface area (Å²) in [4.78, 5) is 0. The minimum atomic E-state index is -0.631. The molecule has 1 saturated heterocycles. The second-order valence-corrected chi connectivity index (χ2v) is 4.82. The topological polar surface area (TPSA) is 12.0 Å². The quantitative estimate of drug-likeness (QED) is 0.731. The number of hydrogen-bond acceptors (Lipinski definition) is 2. The van der Waals surface area contributed by atoms with Gasteiger partial charge in [0, 0.05) is 11.8 Å². The first-order valence-electron chi connectivity index (χ1n) is 4.75. The molecular weight excluding hydrogens is 173 g/mol. The van der Waals surface area contributed by atoms with E-state index in [2.05, 4.69) is 5.32 Å². The van der Waals surface area contributed by atoms with Gasteiger partial charge in [0.1, 0.15) is 0 Å². The van der Waals surface area contributed by atoms with Gasteiger partial charge in [-0.15, -0.1) is 0 Å². The van der Waals surface area contributed by atoms with Crippen LogP contribution in [0.5, 0.6) is 0 Å². The van der Waals surface area contributed by atoms with Gasteiger partial charge in [-0.05, 0) is 38.5 Å². The monoisotopic (exact) mass is 191 g/mol. The van der Waals surface area contributed by atoms with Crippen molar-refractivity contribution in [2.24, 2.45) is 0 Å². The third-order valence-corrected chi connectivity index (χ3v) is 3.47. The standard InChI is InChI=1S/C9H18FNS/c1-8(10)4-6-12-9-3-2-5-11-7-9/h8-9,11H,2-7H2,1H3. The lowest BCUT2D eigenvalue weighted by atomic mass is 10.2. The molecule has 0 saturated carbocycles. The number of rotatable bonds is 4. The van der Waals surface area contributed by atoms with Crippen LogP contribution in [0.1, 0.15) is 26.2 Å². The van der Waals surface area contributed by atoms with Crippen LogP contribution in [0.15, 0.2) is 0 Å². The van der Waals surface area contributed by atoms with Crippen LogP contribution in [-0.4, -0.2) is 30.3 Å². The van der Waals surface area contributed by atoms with Gasteiger partial charge in [-0.3, -0.25) is 0 Å².